The highest BCUT2D eigenvalue weighted by atomic mass is 127. The lowest BCUT2D eigenvalue weighted by Gasteiger charge is -2.26. The minimum Gasteiger partial charge on any atom is -0.494 e. The number of aryl methyl sites for hydroxylation is 1. The van der Waals surface area contributed by atoms with E-state index in [-0.39, 0.29) is 5.57 Å². The third-order valence-corrected chi connectivity index (χ3v) is 6.81. The smallest absolute Gasteiger partial charge is 0.335 e. The number of halogens is 2. The number of hydrogen-bond acceptors (Lipinski definition) is 4. The molecule has 0 aromatic heterocycles. The summed E-state index contributed by atoms with van der Waals surface area (Å²) in [5, 5.41) is 2.93. The second kappa shape index (κ2) is 10.6. The largest absolute Gasteiger partial charge is 0.494 e. The van der Waals surface area contributed by atoms with Gasteiger partial charge in [0.15, 0.2) is 0 Å². The Balaban J connectivity index is 1.73. The van der Waals surface area contributed by atoms with Crippen molar-refractivity contribution in [1.29, 1.82) is 0 Å². The normalized spacial score (nSPS) is 14.9. The summed E-state index contributed by atoms with van der Waals surface area (Å²) in [5.74, 6) is -0.782. The zero-order valence-corrected chi connectivity index (χ0v) is 22.0. The van der Waals surface area contributed by atoms with Crippen LogP contribution in [0.2, 0.25) is 5.02 Å². The maximum Gasteiger partial charge on any atom is 0.335 e. The number of amides is 4. The Bertz CT molecular complexity index is 1370. The van der Waals surface area contributed by atoms with Crippen molar-refractivity contribution in [3.63, 3.8) is 0 Å². The number of imide groups is 2. The average molecular weight is 601 g/mol. The monoisotopic (exact) mass is 600 g/mol. The number of carbonyl (C=O) groups excluding carboxylic acids is 3. The molecule has 0 spiro atoms. The average Bonchev–Trinajstić information content (AvgIpc) is 2.80. The first-order valence-corrected chi connectivity index (χ1v) is 12.4. The van der Waals surface area contributed by atoms with Crippen LogP contribution in [-0.2, 0) is 16.0 Å². The van der Waals surface area contributed by atoms with Crippen molar-refractivity contribution in [2.75, 3.05) is 11.5 Å². The maximum atomic E-state index is 13.2. The summed E-state index contributed by atoms with van der Waals surface area (Å²) in [5.41, 5.74) is 3.68. The van der Waals surface area contributed by atoms with E-state index in [1.165, 1.54) is 6.08 Å². The van der Waals surface area contributed by atoms with Gasteiger partial charge in [-0.1, -0.05) is 41.9 Å². The number of carbonyl (C=O) groups is 3. The zero-order valence-electron chi connectivity index (χ0n) is 19.1. The fourth-order valence-corrected chi connectivity index (χ4v) is 4.85. The van der Waals surface area contributed by atoms with Gasteiger partial charge in [0.25, 0.3) is 11.8 Å². The Morgan fingerprint density at radius 3 is 2.54 bits per heavy atom. The van der Waals surface area contributed by atoms with Gasteiger partial charge in [0.2, 0.25) is 0 Å². The molecule has 0 aliphatic carbocycles. The molecule has 3 aromatic rings. The first kappa shape index (κ1) is 24.9. The number of hydrogen-bond donors (Lipinski definition) is 1. The van der Waals surface area contributed by atoms with Gasteiger partial charge in [0, 0.05) is 20.6 Å². The molecule has 1 N–H and O–H groups in total. The fourth-order valence-electron chi connectivity index (χ4n) is 3.83. The van der Waals surface area contributed by atoms with Gasteiger partial charge in [-0.15, -0.1) is 0 Å². The number of nitrogens with zero attached hydrogens (tertiary/aromatic N) is 1. The molecule has 1 aliphatic rings. The van der Waals surface area contributed by atoms with E-state index < -0.39 is 17.8 Å². The Morgan fingerprint density at radius 2 is 1.83 bits per heavy atom. The van der Waals surface area contributed by atoms with Crippen LogP contribution in [-0.4, -0.2) is 24.5 Å². The van der Waals surface area contributed by atoms with E-state index in [4.69, 9.17) is 16.3 Å². The molecule has 178 valence electrons. The molecule has 6 nitrogen and oxygen atoms in total. The van der Waals surface area contributed by atoms with Gasteiger partial charge in [-0.3, -0.25) is 14.9 Å². The van der Waals surface area contributed by atoms with E-state index in [1.807, 2.05) is 50.2 Å². The number of urea groups is 1. The van der Waals surface area contributed by atoms with Crippen molar-refractivity contribution >= 4 is 63.8 Å². The fraction of sp³-hybridized carbons (Fsp3) is 0.148. The number of anilines is 1. The van der Waals surface area contributed by atoms with Gasteiger partial charge < -0.3 is 4.74 Å². The second-order valence-electron chi connectivity index (χ2n) is 7.98. The lowest BCUT2D eigenvalue weighted by atomic mass is 10.0. The summed E-state index contributed by atoms with van der Waals surface area (Å²) in [6.45, 7) is 4.19. The predicted molar refractivity (Wildman–Crippen MR) is 145 cm³/mol. The van der Waals surface area contributed by atoms with E-state index in [0.717, 1.165) is 25.2 Å². The topological polar surface area (TPSA) is 75.7 Å². The summed E-state index contributed by atoms with van der Waals surface area (Å²) < 4.78 is 6.81. The third kappa shape index (κ3) is 5.41. The molecule has 0 saturated carbocycles. The predicted octanol–water partition coefficient (Wildman–Crippen LogP) is 5.91. The van der Waals surface area contributed by atoms with Gasteiger partial charge in [-0.25, -0.2) is 9.69 Å². The number of nitrogens with one attached hydrogen (secondary N) is 1. The number of ether oxygens (including phenoxy) is 1. The van der Waals surface area contributed by atoms with Crippen LogP contribution < -0.4 is 15.0 Å². The van der Waals surface area contributed by atoms with Crippen molar-refractivity contribution in [3.8, 4) is 5.75 Å². The first-order chi connectivity index (χ1) is 16.8. The third-order valence-electron chi connectivity index (χ3n) is 5.47. The summed E-state index contributed by atoms with van der Waals surface area (Å²) in [6.07, 6.45) is 2.05. The standard InChI is InChI=1S/C27H22ClIN2O4/c1-3-35-24-14-17(13-23(29)20(24)15-18-8-4-5-10-22(18)28)12-21-25(32)30-27(34)31(26(21)33)19-9-6-7-16(2)11-19/h4-14H,3,15H2,1-2H3,(H,30,32,34)/b21-12+. The Morgan fingerprint density at radius 1 is 1.06 bits per heavy atom. The van der Waals surface area contributed by atoms with Crippen molar-refractivity contribution < 1.29 is 19.1 Å². The van der Waals surface area contributed by atoms with E-state index >= 15 is 0 Å². The van der Waals surface area contributed by atoms with E-state index in [0.29, 0.717) is 35.1 Å². The zero-order chi connectivity index (χ0) is 25.1. The van der Waals surface area contributed by atoms with Crippen LogP contribution >= 0.6 is 34.2 Å². The van der Waals surface area contributed by atoms with Gasteiger partial charge >= 0.3 is 6.03 Å². The minimum absolute atomic E-state index is 0.136. The SMILES string of the molecule is CCOc1cc(/C=C2\C(=O)NC(=O)N(c3cccc(C)c3)C2=O)cc(I)c1Cc1ccccc1Cl. The quantitative estimate of drug-likeness (QED) is 0.217. The van der Waals surface area contributed by atoms with Crippen molar-refractivity contribution in [2.24, 2.45) is 0 Å². The molecule has 3 aromatic carbocycles. The molecular formula is C27H22ClIN2O4. The van der Waals surface area contributed by atoms with Gasteiger partial charge in [-0.2, -0.15) is 0 Å². The molecule has 1 heterocycles. The summed E-state index contributed by atoms with van der Waals surface area (Å²) in [6, 6.07) is 17.5. The highest BCUT2D eigenvalue weighted by Crippen LogP contribution is 2.32. The molecule has 1 fully saturated rings. The van der Waals surface area contributed by atoms with Crippen molar-refractivity contribution in [1.82, 2.24) is 5.32 Å². The Kier molecular flexibility index (Phi) is 7.57. The lowest BCUT2D eigenvalue weighted by Crippen LogP contribution is -2.54. The van der Waals surface area contributed by atoms with Gasteiger partial charge in [0.05, 0.1) is 12.3 Å². The molecule has 1 aliphatic heterocycles. The van der Waals surface area contributed by atoms with Crippen LogP contribution in [0, 0.1) is 10.5 Å². The molecule has 0 atom stereocenters. The maximum absolute atomic E-state index is 13.2. The molecule has 35 heavy (non-hydrogen) atoms. The summed E-state index contributed by atoms with van der Waals surface area (Å²) in [7, 11) is 0. The van der Waals surface area contributed by atoms with Crippen LogP contribution in [0.1, 0.15) is 29.2 Å². The van der Waals surface area contributed by atoms with E-state index in [2.05, 4.69) is 27.9 Å². The van der Waals surface area contributed by atoms with Crippen LogP contribution in [0.3, 0.4) is 0 Å². The molecule has 4 amide bonds. The molecular weight excluding hydrogens is 579 g/mol. The molecule has 0 unspecified atom stereocenters. The second-order valence-corrected chi connectivity index (χ2v) is 9.55. The van der Waals surface area contributed by atoms with E-state index in [1.54, 1.807) is 24.3 Å². The van der Waals surface area contributed by atoms with Crippen LogP contribution in [0.15, 0.2) is 66.2 Å². The molecule has 0 radical (unpaired) electrons. The van der Waals surface area contributed by atoms with Crippen molar-refractivity contribution in [3.05, 3.63) is 97.1 Å². The summed E-state index contributed by atoms with van der Waals surface area (Å²) >= 11 is 8.58. The molecule has 4 rings (SSSR count). The first-order valence-electron chi connectivity index (χ1n) is 10.9. The molecule has 8 heteroatoms. The highest BCUT2D eigenvalue weighted by Gasteiger charge is 2.36. The minimum atomic E-state index is -0.776. The number of rotatable bonds is 6. The lowest BCUT2D eigenvalue weighted by molar-refractivity contribution is -0.122. The van der Waals surface area contributed by atoms with E-state index in [9.17, 15) is 14.4 Å². The Hall–Kier alpha value is -3.17. The van der Waals surface area contributed by atoms with Crippen molar-refractivity contribution in [2.45, 2.75) is 20.3 Å². The number of benzene rings is 3. The van der Waals surface area contributed by atoms with Crippen LogP contribution in [0.5, 0.6) is 5.75 Å². The van der Waals surface area contributed by atoms with Crippen LogP contribution in [0.25, 0.3) is 6.08 Å². The Labute approximate surface area is 222 Å². The molecule has 1 saturated heterocycles. The highest BCUT2D eigenvalue weighted by molar-refractivity contribution is 14.1. The van der Waals surface area contributed by atoms with Gasteiger partial charge in [0.1, 0.15) is 11.3 Å². The van der Waals surface area contributed by atoms with Gasteiger partial charge in [-0.05, 0) is 89.5 Å². The molecule has 0 bridgehead atoms. The number of barbiturate groups is 1. The summed E-state index contributed by atoms with van der Waals surface area (Å²) in [4.78, 5) is 39.3. The van der Waals surface area contributed by atoms with Crippen LogP contribution in [0.4, 0.5) is 10.5 Å².